The van der Waals surface area contributed by atoms with E-state index in [2.05, 4.69) is 26.2 Å². The van der Waals surface area contributed by atoms with Crippen molar-refractivity contribution in [1.29, 1.82) is 0 Å². The summed E-state index contributed by atoms with van der Waals surface area (Å²) in [7, 11) is 0. The SMILES string of the molecule is CCCc1scc2c1CC(C)(C)CC2. The van der Waals surface area contributed by atoms with E-state index in [4.69, 9.17) is 0 Å². The highest BCUT2D eigenvalue weighted by Crippen LogP contribution is 2.39. The molecule has 0 nitrogen and oxygen atoms in total. The zero-order valence-electron chi connectivity index (χ0n) is 9.52. The minimum Gasteiger partial charge on any atom is -0.148 e. The quantitative estimate of drug-likeness (QED) is 0.683. The Morgan fingerprint density at radius 3 is 2.93 bits per heavy atom. The predicted molar refractivity (Wildman–Crippen MR) is 64.1 cm³/mol. The maximum absolute atomic E-state index is 2.41. The van der Waals surface area contributed by atoms with Crippen molar-refractivity contribution < 1.29 is 0 Å². The first kappa shape index (κ1) is 10.2. The van der Waals surface area contributed by atoms with Crippen LogP contribution in [0.5, 0.6) is 0 Å². The number of hydrogen-bond acceptors (Lipinski definition) is 1. The smallest absolute Gasteiger partial charge is 0.00801 e. The molecule has 1 aromatic rings. The third-order valence-electron chi connectivity index (χ3n) is 3.27. The molecule has 0 radical (unpaired) electrons. The molecule has 0 saturated heterocycles. The largest absolute Gasteiger partial charge is 0.148 e. The van der Waals surface area contributed by atoms with Crippen LogP contribution >= 0.6 is 11.3 Å². The molecule has 0 amide bonds. The minimum atomic E-state index is 0.538. The minimum absolute atomic E-state index is 0.538. The van der Waals surface area contributed by atoms with Gasteiger partial charge in [-0.2, -0.15) is 0 Å². The van der Waals surface area contributed by atoms with Gasteiger partial charge >= 0.3 is 0 Å². The Bertz CT molecular complexity index is 320. The van der Waals surface area contributed by atoms with Crippen LogP contribution < -0.4 is 0 Å². The standard InChI is InChI=1S/C13H20S/c1-4-5-12-11-8-13(2,3)7-6-10(11)9-14-12/h9H,4-8H2,1-3H3. The molecule has 1 heteroatoms. The van der Waals surface area contributed by atoms with Crippen molar-refractivity contribution in [2.75, 3.05) is 0 Å². The molecule has 1 aliphatic carbocycles. The fraction of sp³-hybridized carbons (Fsp3) is 0.692. The number of aryl methyl sites for hydroxylation is 2. The zero-order valence-corrected chi connectivity index (χ0v) is 10.3. The number of fused-ring (bicyclic) bond motifs is 1. The summed E-state index contributed by atoms with van der Waals surface area (Å²) in [5.41, 5.74) is 3.89. The lowest BCUT2D eigenvalue weighted by Gasteiger charge is -2.30. The molecule has 1 heterocycles. The molecule has 0 atom stereocenters. The van der Waals surface area contributed by atoms with Crippen molar-refractivity contribution in [1.82, 2.24) is 0 Å². The lowest BCUT2D eigenvalue weighted by atomic mass is 9.75. The molecule has 1 aliphatic rings. The molecule has 0 unspecified atom stereocenters. The van der Waals surface area contributed by atoms with Gasteiger partial charge in [-0.25, -0.2) is 0 Å². The second-order valence-corrected chi connectivity index (χ2v) is 6.22. The van der Waals surface area contributed by atoms with E-state index in [0.29, 0.717) is 5.41 Å². The van der Waals surface area contributed by atoms with E-state index in [1.807, 2.05) is 11.3 Å². The van der Waals surface area contributed by atoms with Crippen LogP contribution in [0.1, 0.15) is 49.6 Å². The number of hydrogen-bond donors (Lipinski definition) is 0. The van der Waals surface area contributed by atoms with E-state index in [9.17, 15) is 0 Å². The molecule has 78 valence electrons. The van der Waals surface area contributed by atoms with Crippen LogP contribution in [-0.4, -0.2) is 0 Å². The molecule has 2 rings (SSSR count). The average Bonchev–Trinajstić information content (AvgIpc) is 2.47. The fourth-order valence-corrected chi connectivity index (χ4v) is 3.57. The maximum Gasteiger partial charge on any atom is 0.00801 e. The van der Waals surface area contributed by atoms with Crippen LogP contribution in [0.15, 0.2) is 5.38 Å². The highest BCUT2D eigenvalue weighted by Gasteiger charge is 2.27. The third-order valence-corrected chi connectivity index (χ3v) is 4.41. The molecule has 0 fully saturated rings. The van der Waals surface area contributed by atoms with Gasteiger partial charge in [-0.05, 0) is 47.6 Å². The summed E-state index contributed by atoms with van der Waals surface area (Å²) >= 11 is 1.99. The average molecular weight is 208 g/mol. The first-order valence-electron chi connectivity index (χ1n) is 5.70. The Hall–Kier alpha value is -0.300. The first-order chi connectivity index (χ1) is 6.62. The van der Waals surface area contributed by atoms with Crippen molar-refractivity contribution in [3.8, 4) is 0 Å². The second-order valence-electron chi connectivity index (χ2n) is 5.25. The Morgan fingerprint density at radius 2 is 2.21 bits per heavy atom. The molecule has 0 saturated carbocycles. The van der Waals surface area contributed by atoms with Gasteiger partial charge in [0.2, 0.25) is 0 Å². The van der Waals surface area contributed by atoms with Gasteiger partial charge in [0.05, 0.1) is 0 Å². The van der Waals surface area contributed by atoms with Crippen molar-refractivity contribution in [2.45, 2.75) is 52.9 Å². The molecular formula is C13H20S. The molecule has 0 spiro atoms. The fourth-order valence-electron chi connectivity index (χ4n) is 2.36. The second kappa shape index (κ2) is 3.69. The lowest BCUT2D eigenvalue weighted by Crippen LogP contribution is -2.21. The molecule has 14 heavy (non-hydrogen) atoms. The molecule has 0 N–H and O–H groups in total. The predicted octanol–water partition coefficient (Wildman–Crippen LogP) is 4.22. The van der Waals surface area contributed by atoms with Gasteiger partial charge in [0.15, 0.2) is 0 Å². The lowest BCUT2D eigenvalue weighted by molar-refractivity contribution is 0.315. The van der Waals surface area contributed by atoms with Gasteiger partial charge < -0.3 is 0 Å². The van der Waals surface area contributed by atoms with Crippen LogP contribution in [0.4, 0.5) is 0 Å². The summed E-state index contributed by atoms with van der Waals surface area (Å²) in [6.45, 7) is 7.09. The van der Waals surface area contributed by atoms with Crippen LogP contribution in [0.25, 0.3) is 0 Å². The van der Waals surface area contributed by atoms with Crippen molar-refractivity contribution in [2.24, 2.45) is 5.41 Å². The highest BCUT2D eigenvalue weighted by molar-refractivity contribution is 7.10. The van der Waals surface area contributed by atoms with Gasteiger partial charge in [-0.1, -0.05) is 27.2 Å². The van der Waals surface area contributed by atoms with E-state index >= 15 is 0 Å². The highest BCUT2D eigenvalue weighted by atomic mass is 32.1. The summed E-state index contributed by atoms with van der Waals surface area (Å²) in [5, 5.41) is 2.40. The van der Waals surface area contributed by atoms with E-state index in [0.717, 1.165) is 0 Å². The Labute approximate surface area is 91.4 Å². The Balaban J connectivity index is 2.28. The molecule has 0 aromatic carbocycles. The van der Waals surface area contributed by atoms with Crippen molar-refractivity contribution in [3.05, 3.63) is 21.4 Å². The van der Waals surface area contributed by atoms with Crippen molar-refractivity contribution in [3.63, 3.8) is 0 Å². The van der Waals surface area contributed by atoms with E-state index in [1.165, 1.54) is 32.1 Å². The van der Waals surface area contributed by atoms with Crippen LogP contribution in [0.2, 0.25) is 0 Å². The summed E-state index contributed by atoms with van der Waals surface area (Å²) in [6.07, 6.45) is 6.55. The van der Waals surface area contributed by atoms with Crippen LogP contribution in [0.3, 0.4) is 0 Å². The van der Waals surface area contributed by atoms with Gasteiger partial charge in [-0.15, -0.1) is 11.3 Å². The summed E-state index contributed by atoms with van der Waals surface area (Å²) < 4.78 is 0. The van der Waals surface area contributed by atoms with Crippen molar-refractivity contribution >= 4 is 11.3 Å². The topological polar surface area (TPSA) is 0 Å². The monoisotopic (exact) mass is 208 g/mol. The Kier molecular flexibility index (Phi) is 2.70. The number of thiophene rings is 1. The molecule has 0 bridgehead atoms. The summed E-state index contributed by atoms with van der Waals surface area (Å²) in [5.74, 6) is 0. The van der Waals surface area contributed by atoms with E-state index in [-0.39, 0.29) is 0 Å². The normalized spacial score (nSPS) is 19.4. The molecule has 0 aliphatic heterocycles. The van der Waals surface area contributed by atoms with Crippen LogP contribution in [0, 0.1) is 5.41 Å². The van der Waals surface area contributed by atoms with Crippen LogP contribution in [-0.2, 0) is 19.3 Å². The third kappa shape index (κ3) is 1.88. The summed E-state index contributed by atoms with van der Waals surface area (Å²) in [4.78, 5) is 1.66. The van der Waals surface area contributed by atoms with Gasteiger partial charge in [0.25, 0.3) is 0 Å². The first-order valence-corrected chi connectivity index (χ1v) is 6.58. The van der Waals surface area contributed by atoms with Gasteiger partial charge in [0.1, 0.15) is 0 Å². The molecule has 1 aromatic heterocycles. The van der Waals surface area contributed by atoms with E-state index < -0.39 is 0 Å². The Morgan fingerprint density at radius 1 is 1.43 bits per heavy atom. The maximum atomic E-state index is 2.41. The number of rotatable bonds is 2. The van der Waals surface area contributed by atoms with Gasteiger partial charge in [-0.3, -0.25) is 0 Å². The van der Waals surface area contributed by atoms with Gasteiger partial charge in [0, 0.05) is 4.88 Å². The summed E-state index contributed by atoms with van der Waals surface area (Å²) in [6, 6.07) is 0. The molecular weight excluding hydrogens is 188 g/mol. The van der Waals surface area contributed by atoms with E-state index in [1.54, 1.807) is 16.0 Å². The zero-order chi connectivity index (χ0) is 10.2.